The van der Waals surface area contributed by atoms with Gasteiger partial charge in [0.05, 0.1) is 11.6 Å². The van der Waals surface area contributed by atoms with E-state index in [2.05, 4.69) is 39.5 Å². The summed E-state index contributed by atoms with van der Waals surface area (Å²) in [5, 5.41) is 3.28. The molecule has 1 saturated heterocycles. The largest absolute Gasteiger partial charge is 0.340 e. The molecule has 8 heteroatoms. The van der Waals surface area contributed by atoms with Crippen molar-refractivity contribution in [2.45, 2.75) is 25.3 Å². The Balaban J connectivity index is 1.19. The minimum atomic E-state index is -0.387. The lowest BCUT2D eigenvalue weighted by atomic mass is 10.1. The molecule has 1 aliphatic carbocycles. The van der Waals surface area contributed by atoms with Crippen molar-refractivity contribution in [3.8, 4) is 0 Å². The lowest BCUT2D eigenvalue weighted by Gasteiger charge is -2.36. The van der Waals surface area contributed by atoms with Gasteiger partial charge in [0.1, 0.15) is 5.82 Å². The standard InChI is InChI=1S/C25H25FN4O2S/c26-19-8-6-18(7-9-19)23(31)28-25-27-22-20(10-11-21(22)33-25)24(32)30-14-12-29(13-15-30)16-17-4-2-1-3-5-17/h1-9,20H,10-16H2,(H,27,28,31). The molecule has 1 N–H and O–H groups in total. The van der Waals surface area contributed by atoms with Crippen molar-refractivity contribution in [2.24, 2.45) is 0 Å². The van der Waals surface area contributed by atoms with Crippen molar-refractivity contribution in [3.63, 3.8) is 0 Å². The number of hydrogen-bond acceptors (Lipinski definition) is 5. The van der Waals surface area contributed by atoms with Crippen LogP contribution in [0, 0.1) is 5.82 Å². The first-order valence-corrected chi connectivity index (χ1v) is 12.0. The summed E-state index contributed by atoms with van der Waals surface area (Å²) in [4.78, 5) is 35.7. The predicted molar refractivity (Wildman–Crippen MR) is 126 cm³/mol. The van der Waals surface area contributed by atoms with E-state index in [0.717, 1.165) is 56.1 Å². The Morgan fingerprint density at radius 1 is 1.03 bits per heavy atom. The molecule has 6 nitrogen and oxygen atoms in total. The number of benzene rings is 2. The van der Waals surface area contributed by atoms with Gasteiger partial charge in [0, 0.05) is 43.2 Å². The van der Waals surface area contributed by atoms with Crippen molar-refractivity contribution < 1.29 is 14.0 Å². The van der Waals surface area contributed by atoms with Gasteiger partial charge >= 0.3 is 0 Å². The third kappa shape index (κ3) is 4.82. The zero-order valence-electron chi connectivity index (χ0n) is 18.2. The second kappa shape index (κ2) is 9.41. The summed E-state index contributed by atoms with van der Waals surface area (Å²) in [6.07, 6.45) is 1.56. The molecule has 2 amide bonds. The number of anilines is 1. The van der Waals surface area contributed by atoms with Crippen LogP contribution in [-0.4, -0.2) is 52.8 Å². The quantitative estimate of drug-likeness (QED) is 0.622. The molecule has 1 atom stereocenters. The average Bonchev–Trinajstić information content (AvgIpc) is 3.40. The third-order valence-corrected chi connectivity index (χ3v) is 7.32. The van der Waals surface area contributed by atoms with E-state index in [0.29, 0.717) is 10.7 Å². The number of halogens is 1. The van der Waals surface area contributed by atoms with Crippen LogP contribution in [0.2, 0.25) is 0 Å². The molecule has 1 aliphatic heterocycles. The molecule has 0 saturated carbocycles. The molecule has 3 aromatic rings. The minimum Gasteiger partial charge on any atom is -0.340 e. The van der Waals surface area contributed by atoms with Crippen molar-refractivity contribution in [1.82, 2.24) is 14.8 Å². The lowest BCUT2D eigenvalue weighted by molar-refractivity contribution is -0.134. The maximum Gasteiger partial charge on any atom is 0.257 e. The summed E-state index contributed by atoms with van der Waals surface area (Å²) in [5.74, 6) is -0.829. The molecule has 2 heterocycles. The highest BCUT2D eigenvalue weighted by Crippen LogP contribution is 2.39. The molecular weight excluding hydrogens is 439 g/mol. The molecule has 33 heavy (non-hydrogen) atoms. The van der Waals surface area contributed by atoms with Gasteiger partial charge in [-0.25, -0.2) is 9.37 Å². The Morgan fingerprint density at radius 3 is 2.48 bits per heavy atom. The number of carbonyl (C=O) groups is 2. The van der Waals surface area contributed by atoms with Gasteiger partial charge in [-0.3, -0.25) is 19.8 Å². The maximum absolute atomic E-state index is 13.3. The van der Waals surface area contributed by atoms with Gasteiger partial charge in [0.25, 0.3) is 5.91 Å². The maximum atomic E-state index is 13.3. The summed E-state index contributed by atoms with van der Waals surface area (Å²) < 4.78 is 13.1. The Kier molecular flexibility index (Phi) is 6.20. The van der Waals surface area contributed by atoms with Gasteiger partial charge in [0.15, 0.2) is 5.13 Å². The Hall–Kier alpha value is -3.10. The van der Waals surface area contributed by atoms with E-state index >= 15 is 0 Å². The van der Waals surface area contributed by atoms with Gasteiger partial charge in [-0.1, -0.05) is 30.3 Å². The summed E-state index contributed by atoms with van der Waals surface area (Å²) in [5.41, 5.74) is 2.45. The number of thiazole rings is 1. The predicted octanol–water partition coefficient (Wildman–Crippen LogP) is 3.91. The lowest BCUT2D eigenvalue weighted by Crippen LogP contribution is -2.49. The van der Waals surface area contributed by atoms with Gasteiger partial charge in [-0.15, -0.1) is 11.3 Å². The summed E-state index contributed by atoms with van der Waals surface area (Å²) in [7, 11) is 0. The third-order valence-electron chi connectivity index (χ3n) is 6.28. The second-order valence-electron chi connectivity index (χ2n) is 8.47. The fourth-order valence-corrected chi connectivity index (χ4v) is 5.51. The fourth-order valence-electron chi connectivity index (χ4n) is 4.48. The molecule has 1 unspecified atom stereocenters. The molecule has 0 radical (unpaired) electrons. The van der Waals surface area contributed by atoms with Crippen LogP contribution < -0.4 is 5.32 Å². The SMILES string of the molecule is O=C(Nc1nc2c(s1)CCC2C(=O)N1CCN(Cc2ccccc2)CC1)c1ccc(F)cc1. The van der Waals surface area contributed by atoms with E-state index in [9.17, 15) is 14.0 Å². The second-order valence-corrected chi connectivity index (χ2v) is 9.55. The molecule has 5 rings (SSSR count). The number of nitrogens with zero attached hydrogens (tertiary/aromatic N) is 3. The number of piperazine rings is 1. The number of hydrogen-bond donors (Lipinski definition) is 1. The topological polar surface area (TPSA) is 65.5 Å². The highest BCUT2D eigenvalue weighted by atomic mass is 32.1. The Morgan fingerprint density at radius 2 is 1.76 bits per heavy atom. The number of aryl methyl sites for hydroxylation is 1. The number of aromatic nitrogens is 1. The van der Waals surface area contributed by atoms with Crippen molar-refractivity contribution >= 4 is 28.3 Å². The van der Waals surface area contributed by atoms with E-state index in [1.54, 1.807) is 0 Å². The van der Waals surface area contributed by atoms with Crippen molar-refractivity contribution in [1.29, 1.82) is 0 Å². The van der Waals surface area contributed by atoms with Gasteiger partial charge in [-0.2, -0.15) is 0 Å². The van der Waals surface area contributed by atoms with E-state index < -0.39 is 0 Å². The molecule has 1 fully saturated rings. The highest BCUT2D eigenvalue weighted by Gasteiger charge is 2.36. The Labute approximate surface area is 196 Å². The summed E-state index contributed by atoms with van der Waals surface area (Å²) in [6.45, 7) is 4.05. The number of amides is 2. The number of fused-ring (bicyclic) bond motifs is 1. The van der Waals surface area contributed by atoms with E-state index in [-0.39, 0.29) is 23.5 Å². The summed E-state index contributed by atoms with van der Waals surface area (Å²) in [6, 6.07) is 15.8. The van der Waals surface area contributed by atoms with Crippen LogP contribution in [0.3, 0.4) is 0 Å². The molecule has 0 spiro atoms. The van der Waals surface area contributed by atoms with E-state index in [1.807, 2.05) is 11.0 Å². The first-order chi connectivity index (χ1) is 16.1. The van der Waals surface area contributed by atoms with E-state index in [4.69, 9.17) is 0 Å². The summed E-state index contributed by atoms with van der Waals surface area (Å²) >= 11 is 1.42. The normalized spacial score (nSPS) is 18.2. The minimum absolute atomic E-state index is 0.134. The van der Waals surface area contributed by atoms with Crippen LogP contribution >= 0.6 is 11.3 Å². The number of rotatable bonds is 5. The zero-order valence-corrected chi connectivity index (χ0v) is 19.0. The van der Waals surface area contributed by atoms with Crippen LogP contribution in [-0.2, 0) is 17.8 Å². The zero-order chi connectivity index (χ0) is 22.8. The fraction of sp³-hybridized carbons (Fsp3) is 0.320. The monoisotopic (exact) mass is 464 g/mol. The first kappa shape index (κ1) is 21.7. The first-order valence-electron chi connectivity index (χ1n) is 11.2. The van der Waals surface area contributed by atoms with E-state index in [1.165, 1.54) is 41.2 Å². The van der Waals surface area contributed by atoms with Crippen LogP contribution in [0.5, 0.6) is 0 Å². The molecule has 2 aromatic carbocycles. The molecule has 170 valence electrons. The molecule has 2 aliphatic rings. The average molecular weight is 465 g/mol. The van der Waals surface area contributed by atoms with Crippen LogP contribution in [0.1, 0.15) is 38.8 Å². The van der Waals surface area contributed by atoms with Gasteiger partial charge < -0.3 is 4.90 Å². The number of carbonyl (C=O) groups excluding carboxylic acids is 2. The van der Waals surface area contributed by atoms with Crippen LogP contribution in [0.4, 0.5) is 9.52 Å². The number of nitrogens with one attached hydrogen (secondary N) is 1. The molecule has 1 aromatic heterocycles. The van der Waals surface area contributed by atoms with Crippen molar-refractivity contribution in [2.75, 3.05) is 31.5 Å². The van der Waals surface area contributed by atoms with Gasteiger partial charge in [-0.05, 0) is 42.7 Å². The molecular formula is C25H25FN4O2S. The van der Waals surface area contributed by atoms with Gasteiger partial charge in [0.2, 0.25) is 5.91 Å². The van der Waals surface area contributed by atoms with Crippen molar-refractivity contribution in [3.05, 3.63) is 82.1 Å². The van der Waals surface area contributed by atoms with Crippen LogP contribution in [0.15, 0.2) is 54.6 Å². The highest BCUT2D eigenvalue weighted by molar-refractivity contribution is 7.16. The van der Waals surface area contributed by atoms with Crippen LogP contribution in [0.25, 0.3) is 0 Å². The smallest absolute Gasteiger partial charge is 0.257 e. The molecule has 0 bridgehead atoms. The Bertz CT molecular complexity index is 1140.